The fraction of sp³-hybridized carbons (Fsp3) is 1.00. The Bertz CT molecular complexity index is 108. The molecule has 0 amide bonds. The smallest absolute Gasteiger partial charge is 0.00235 e. The number of hydrogen-bond acceptors (Lipinski definition) is 1. The van der Waals surface area contributed by atoms with Gasteiger partial charge in [0.2, 0.25) is 0 Å². The molecule has 0 spiro atoms. The number of rotatable bonds is 2. The third-order valence-electron chi connectivity index (χ3n) is 2.95. The predicted octanol–water partition coefficient (Wildman–Crippen LogP) is 2.42. The fourth-order valence-electron chi connectivity index (χ4n) is 1.95. The van der Waals surface area contributed by atoms with Crippen molar-refractivity contribution >= 4 is 0 Å². The zero-order valence-electron chi connectivity index (χ0n) is 8.11. The molecule has 1 nitrogen and oxygen atoms in total. The normalized spacial score (nSPS) is 25.4. The summed E-state index contributed by atoms with van der Waals surface area (Å²) in [6.07, 6.45) is 5.68. The first-order valence-electron chi connectivity index (χ1n) is 4.79. The zero-order chi connectivity index (χ0) is 8.32. The molecule has 0 radical (unpaired) electrons. The molecule has 0 heterocycles. The summed E-state index contributed by atoms with van der Waals surface area (Å²) < 4.78 is 0. The van der Waals surface area contributed by atoms with Crippen LogP contribution in [0.3, 0.4) is 0 Å². The van der Waals surface area contributed by atoms with Crippen LogP contribution in [0, 0.1) is 11.3 Å². The Morgan fingerprint density at radius 2 is 1.82 bits per heavy atom. The summed E-state index contributed by atoms with van der Waals surface area (Å²) in [7, 11) is 2.06. The highest BCUT2D eigenvalue weighted by Gasteiger charge is 2.25. The van der Waals surface area contributed by atoms with Crippen molar-refractivity contribution in [1.82, 2.24) is 5.32 Å². The standard InChI is InChI=1S/C10H21N/c1-10(2)6-4-9(5-7-10)8-11-3/h9,11H,4-8H2,1-3H3. The molecule has 11 heavy (non-hydrogen) atoms. The summed E-state index contributed by atoms with van der Waals surface area (Å²) in [5.74, 6) is 0.952. The Balaban J connectivity index is 2.25. The van der Waals surface area contributed by atoms with E-state index in [0.717, 1.165) is 5.92 Å². The second-order valence-corrected chi connectivity index (χ2v) is 4.67. The Labute approximate surface area is 70.6 Å². The van der Waals surface area contributed by atoms with Crippen LogP contribution in [-0.4, -0.2) is 13.6 Å². The Morgan fingerprint density at radius 3 is 2.27 bits per heavy atom. The van der Waals surface area contributed by atoms with Gasteiger partial charge in [0.05, 0.1) is 0 Å². The molecule has 0 aromatic rings. The van der Waals surface area contributed by atoms with Crippen molar-refractivity contribution in [2.24, 2.45) is 11.3 Å². The van der Waals surface area contributed by atoms with Gasteiger partial charge < -0.3 is 5.32 Å². The average Bonchev–Trinajstić information content (AvgIpc) is 1.94. The molecule has 1 N–H and O–H groups in total. The van der Waals surface area contributed by atoms with Crippen molar-refractivity contribution in [3.05, 3.63) is 0 Å². The van der Waals surface area contributed by atoms with Gasteiger partial charge in [-0.25, -0.2) is 0 Å². The predicted molar refractivity (Wildman–Crippen MR) is 49.7 cm³/mol. The molecular weight excluding hydrogens is 134 g/mol. The largest absolute Gasteiger partial charge is 0.319 e. The molecule has 1 fully saturated rings. The Hall–Kier alpha value is -0.0400. The van der Waals surface area contributed by atoms with Gasteiger partial charge in [0.1, 0.15) is 0 Å². The zero-order valence-corrected chi connectivity index (χ0v) is 8.11. The summed E-state index contributed by atoms with van der Waals surface area (Å²) in [4.78, 5) is 0. The van der Waals surface area contributed by atoms with E-state index in [1.165, 1.54) is 32.2 Å². The van der Waals surface area contributed by atoms with Gasteiger partial charge in [0, 0.05) is 0 Å². The molecule has 0 bridgehead atoms. The Kier molecular flexibility index (Phi) is 2.94. The lowest BCUT2D eigenvalue weighted by Gasteiger charge is -2.34. The van der Waals surface area contributed by atoms with Gasteiger partial charge in [-0.3, -0.25) is 0 Å². The fourth-order valence-corrected chi connectivity index (χ4v) is 1.95. The van der Waals surface area contributed by atoms with Crippen molar-refractivity contribution in [2.75, 3.05) is 13.6 Å². The van der Waals surface area contributed by atoms with Gasteiger partial charge in [-0.05, 0) is 50.6 Å². The van der Waals surface area contributed by atoms with E-state index in [9.17, 15) is 0 Å². The van der Waals surface area contributed by atoms with Gasteiger partial charge in [-0.1, -0.05) is 13.8 Å². The van der Waals surface area contributed by atoms with Crippen LogP contribution in [-0.2, 0) is 0 Å². The van der Waals surface area contributed by atoms with Gasteiger partial charge >= 0.3 is 0 Å². The van der Waals surface area contributed by atoms with Crippen molar-refractivity contribution < 1.29 is 0 Å². The minimum Gasteiger partial charge on any atom is -0.319 e. The van der Waals surface area contributed by atoms with E-state index in [1.54, 1.807) is 0 Å². The van der Waals surface area contributed by atoms with Crippen LogP contribution in [0.25, 0.3) is 0 Å². The maximum atomic E-state index is 3.26. The lowest BCUT2D eigenvalue weighted by Crippen LogP contribution is -2.27. The lowest BCUT2D eigenvalue weighted by molar-refractivity contribution is 0.190. The molecule has 0 aliphatic heterocycles. The van der Waals surface area contributed by atoms with Gasteiger partial charge in [0.15, 0.2) is 0 Å². The van der Waals surface area contributed by atoms with E-state index in [0.29, 0.717) is 5.41 Å². The van der Waals surface area contributed by atoms with Gasteiger partial charge in [-0.2, -0.15) is 0 Å². The first kappa shape index (κ1) is 9.05. The second-order valence-electron chi connectivity index (χ2n) is 4.67. The molecule has 0 unspecified atom stereocenters. The van der Waals surface area contributed by atoms with E-state index in [2.05, 4.69) is 26.2 Å². The van der Waals surface area contributed by atoms with Crippen LogP contribution in [0.2, 0.25) is 0 Å². The molecule has 66 valence electrons. The second kappa shape index (κ2) is 3.57. The SMILES string of the molecule is CNCC1CCC(C)(C)CC1. The number of nitrogens with one attached hydrogen (secondary N) is 1. The van der Waals surface area contributed by atoms with Crippen molar-refractivity contribution in [3.8, 4) is 0 Å². The highest BCUT2D eigenvalue weighted by molar-refractivity contribution is 4.78. The molecular formula is C10H21N. The van der Waals surface area contributed by atoms with Crippen LogP contribution in [0.4, 0.5) is 0 Å². The van der Waals surface area contributed by atoms with Crippen molar-refractivity contribution in [1.29, 1.82) is 0 Å². The van der Waals surface area contributed by atoms with Crippen LogP contribution < -0.4 is 5.32 Å². The quantitative estimate of drug-likeness (QED) is 0.646. The van der Waals surface area contributed by atoms with E-state index in [4.69, 9.17) is 0 Å². The van der Waals surface area contributed by atoms with Crippen LogP contribution >= 0.6 is 0 Å². The minimum absolute atomic E-state index is 0.629. The van der Waals surface area contributed by atoms with Crippen LogP contribution in [0.5, 0.6) is 0 Å². The molecule has 0 aromatic heterocycles. The highest BCUT2D eigenvalue weighted by atomic mass is 14.8. The number of hydrogen-bond donors (Lipinski definition) is 1. The molecule has 1 aliphatic carbocycles. The average molecular weight is 155 g/mol. The summed E-state index contributed by atoms with van der Waals surface area (Å²) in [6, 6.07) is 0. The van der Waals surface area contributed by atoms with Gasteiger partial charge in [0.25, 0.3) is 0 Å². The van der Waals surface area contributed by atoms with E-state index >= 15 is 0 Å². The lowest BCUT2D eigenvalue weighted by atomic mass is 9.73. The molecule has 1 heteroatoms. The van der Waals surface area contributed by atoms with Gasteiger partial charge in [-0.15, -0.1) is 0 Å². The first-order chi connectivity index (χ1) is 5.14. The molecule has 0 aromatic carbocycles. The molecule has 0 atom stereocenters. The Morgan fingerprint density at radius 1 is 1.27 bits per heavy atom. The molecule has 1 rings (SSSR count). The third-order valence-corrected chi connectivity index (χ3v) is 2.95. The monoisotopic (exact) mass is 155 g/mol. The van der Waals surface area contributed by atoms with Crippen molar-refractivity contribution in [2.45, 2.75) is 39.5 Å². The van der Waals surface area contributed by atoms with E-state index < -0.39 is 0 Å². The summed E-state index contributed by atoms with van der Waals surface area (Å²) in [5.41, 5.74) is 0.629. The maximum absolute atomic E-state index is 3.26. The van der Waals surface area contributed by atoms with Crippen LogP contribution in [0.1, 0.15) is 39.5 Å². The molecule has 1 saturated carbocycles. The third kappa shape index (κ3) is 2.82. The summed E-state index contributed by atoms with van der Waals surface area (Å²) in [5, 5.41) is 3.26. The summed E-state index contributed by atoms with van der Waals surface area (Å²) >= 11 is 0. The van der Waals surface area contributed by atoms with E-state index in [-0.39, 0.29) is 0 Å². The topological polar surface area (TPSA) is 12.0 Å². The molecule has 0 saturated heterocycles. The molecule has 1 aliphatic rings. The minimum atomic E-state index is 0.629. The summed E-state index contributed by atoms with van der Waals surface area (Å²) in [6.45, 7) is 6.00. The van der Waals surface area contributed by atoms with Crippen LogP contribution in [0.15, 0.2) is 0 Å². The highest BCUT2D eigenvalue weighted by Crippen LogP contribution is 2.37. The van der Waals surface area contributed by atoms with E-state index in [1.807, 2.05) is 0 Å². The first-order valence-corrected chi connectivity index (χ1v) is 4.79. The maximum Gasteiger partial charge on any atom is -0.00235 e. The van der Waals surface area contributed by atoms with Crippen molar-refractivity contribution in [3.63, 3.8) is 0 Å².